The average molecular weight is 195 g/mol. The third-order valence-electron chi connectivity index (χ3n) is 1.96. The second-order valence-electron chi connectivity index (χ2n) is 3.18. The summed E-state index contributed by atoms with van der Waals surface area (Å²) in [6.45, 7) is 3.46. The maximum atomic E-state index is 11.4. The topological polar surface area (TPSA) is 88.8 Å². The molecule has 0 aliphatic heterocycles. The van der Waals surface area contributed by atoms with Crippen LogP contribution in [0.4, 0.5) is 0 Å². The smallest absolute Gasteiger partial charge is 0.254 e. The van der Waals surface area contributed by atoms with Crippen molar-refractivity contribution in [2.24, 2.45) is 5.73 Å². The molecule has 0 aliphatic rings. The third-order valence-corrected chi connectivity index (χ3v) is 1.96. The Kier molecular flexibility index (Phi) is 3.01. The molecule has 0 saturated carbocycles. The van der Waals surface area contributed by atoms with Gasteiger partial charge in [0.2, 0.25) is 5.91 Å². The molecule has 1 rings (SSSR count). The van der Waals surface area contributed by atoms with Gasteiger partial charge >= 0.3 is 0 Å². The summed E-state index contributed by atoms with van der Waals surface area (Å²) in [5, 5.41) is 0. The van der Waals surface area contributed by atoms with Gasteiger partial charge in [0.1, 0.15) is 5.82 Å². The van der Waals surface area contributed by atoms with Crippen LogP contribution in [0.3, 0.4) is 0 Å². The zero-order valence-corrected chi connectivity index (χ0v) is 8.26. The van der Waals surface area contributed by atoms with E-state index < -0.39 is 5.91 Å². The third kappa shape index (κ3) is 2.42. The van der Waals surface area contributed by atoms with E-state index in [1.54, 1.807) is 13.8 Å². The Morgan fingerprint density at radius 3 is 2.64 bits per heavy atom. The van der Waals surface area contributed by atoms with E-state index in [0.717, 1.165) is 0 Å². The van der Waals surface area contributed by atoms with Crippen LogP contribution in [0.25, 0.3) is 0 Å². The summed E-state index contributed by atoms with van der Waals surface area (Å²) in [5.41, 5.74) is 6.01. The summed E-state index contributed by atoms with van der Waals surface area (Å²) in [6, 6.07) is 0. The second-order valence-corrected chi connectivity index (χ2v) is 3.18. The molecule has 0 spiro atoms. The van der Waals surface area contributed by atoms with Crippen LogP contribution in [-0.2, 0) is 11.2 Å². The molecule has 0 fully saturated rings. The number of aryl methyl sites for hydroxylation is 2. The molecular formula is C9H13N3O2. The molecule has 0 saturated heterocycles. The fourth-order valence-electron chi connectivity index (χ4n) is 1.29. The Bertz CT molecular complexity index is 409. The van der Waals surface area contributed by atoms with Gasteiger partial charge in [0.25, 0.3) is 5.56 Å². The van der Waals surface area contributed by atoms with Crippen LogP contribution >= 0.6 is 0 Å². The van der Waals surface area contributed by atoms with Gasteiger partial charge in [-0.3, -0.25) is 9.59 Å². The van der Waals surface area contributed by atoms with E-state index in [4.69, 9.17) is 5.73 Å². The van der Waals surface area contributed by atoms with Crippen LogP contribution < -0.4 is 11.3 Å². The molecule has 1 amide bonds. The van der Waals surface area contributed by atoms with E-state index in [2.05, 4.69) is 9.97 Å². The van der Waals surface area contributed by atoms with Gasteiger partial charge in [0, 0.05) is 17.7 Å². The standard InChI is InChI=1S/C9H13N3O2/c1-5-7(3-4-8(10)13)9(14)12-6(2)11-5/h3-4H2,1-2H3,(H2,10,13)(H,11,12,14). The van der Waals surface area contributed by atoms with E-state index in [1.807, 2.05) is 0 Å². The first kappa shape index (κ1) is 10.4. The Hall–Kier alpha value is -1.65. The number of hydrogen-bond donors (Lipinski definition) is 2. The van der Waals surface area contributed by atoms with E-state index in [0.29, 0.717) is 23.5 Å². The number of aromatic amines is 1. The molecular weight excluding hydrogens is 182 g/mol. The van der Waals surface area contributed by atoms with Crippen molar-refractivity contribution in [1.82, 2.24) is 9.97 Å². The van der Waals surface area contributed by atoms with Crippen LogP contribution in [-0.4, -0.2) is 15.9 Å². The number of carbonyl (C=O) groups excluding carboxylic acids is 1. The van der Waals surface area contributed by atoms with Crippen LogP contribution in [0.5, 0.6) is 0 Å². The highest BCUT2D eigenvalue weighted by Gasteiger charge is 2.07. The highest BCUT2D eigenvalue weighted by molar-refractivity contribution is 5.74. The lowest BCUT2D eigenvalue weighted by atomic mass is 10.1. The lowest BCUT2D eigenvalue weighted by Crippen LogP contribution is -2.20. The van der Waals surface area contributed by atoms with Gasteiger partial charge in [0.05, 0.1) is 0 Å². The highest BCUT2D eigenvalue weighted by atomic mass is 16.1. The lowest BCUT2D eigenvalue weighted by molar-refractivity contribution is -0.117. The summed E-state index contributed by atoms with van der Waals surface area (Å²) < 4.78 is 0. The maximum absolute atomic E-state index is 11.4. The Labute approximate surface area is 81.4 Å². The average Bonchev–Trinajstić information content (AvgIpc) is 2.01. The molecule has 0 aliphatic carbocycles. The monoisotopic (exact) mass is 195 g/mol. The number of nitrogens with zero attached hydrogens (tertiary/aromatic N) is 1. The molecule has 3 N–H and O–H groups in total. The van der Waals surface area contributed by atoms with Gasteiger partial charge in [-0.05, 0) is 20.3 Å². The molecule has 0 radical (unpaired) electrons. The molecule has 1 heterocycles. The Morgan fingerprint density at radius 2 is 2.14 bits per heavy atom. The number of H-pyrrole nitrogens is 1. The summed E-state index contributed by atoms with van der Waals surface area (Å²) in [5.74, 6) is 0.166. The van der Waals surface area contributed by atoms with Gasteiger partial charge < -0.3 is 10.7 Å². The Morgan fingerprint density at radius 1 is 1.50 bits per heavy atom. The van der Waals surface area contributed by atoms with Crippen LogP contribution in [0.1, 0.15) is 23.5 Å². The molecule has 0 aromatic carbocycles. The van der Waals surface area contributed by atoms with Gasteiger partial charge in [-0.15, -0.1) is 0 Å². The minimum atomic E-state index is -0.413. The molecule has 0 unspecified atom stereocenters. The van der Waals surface area contributed by atoms with E-state index in [-0.39, 0.29) is 12.0 Å². The fraction of sp³-hybridized carbons (Fsp3) is 0.444. The number of nitrogens with two attached hydrogens (primary N) is 1. The van der Waals surface area contributed by atoms with Gasteiger partial charge in [0.15, 0.2) is 0 Å². The van der Waals surface area contributed by atoms with Crippen molar-refractivity contribution >= 4 is 5.91 Å². The summed E-state index contributed by atoms with van der Waals surface area (Å²) in [7, 11) is 0. The summed E-state index contributed by atoms with van der Waals surface area (Å²) >= 11 is 0. The predicted octanol–water partition coefficient (Wildman–Crippen LogP) is -0.195. The van der Waals surface area contributed by atoms with Crippen molar-refractivity contribution in [1.29, 1.82) is 0 Å². The first-order chi connectivity index (χ1) is 6.50. The van der Waals surface area contributed by atoms with Crippen molar-refractivity contribution in [2.75, 3.05) is 0 Å². The Balaban J connectivity index is 2.97. The number of hydrogen-bond acceptors (Lipinski definition) is 3. The van der Waals surface area contributed by atoms with Crippen LogP contribution in [0, 0.1) is 13.8 Å². The number of amides is 1. The van der Waals surface area contributed by atoms with Crippen molar-refractivity contribution < 1.29 is 4.79 Å². The highest BCUT2D eigenvalue weighted by Crippen LogP contribution is 2.01. The van der Waals surface area contributed by atoms with Gasteiger partial charge in [-0.1, -0.05) is 0 Å². The number of nitrogens with one attached hydrogen (secondary N) is 1. The van der Waals surface area contributed by atoms with Crippen LogP contribution in [0.15, 0.2) is 4.79 Å². The molecule has 1 aromatic rings. The largest absolute Gasteiger partial charge is 0.370 e. The summed E-state index contributed by atoms with van der Waals surface area (Å²) in [6.07, 6.45) is 0.526. The predicted molar refractivity (Wildman–Crippen MR) is 51.8 cm³/mol. The number of primary amides is 1. The van der Waals surface area contributed by atoms with Crippen LogP contribution in [0.2, 0.25) is 0 Å². The minimum absolute atomic E-state index is 0.175. The van der Waals surface area contributed by atoms with Crippen molar-refractivity contribution in [3.63, 3.8) is 0 Å². The normalized spacial score (nSPS) is 10.1. The minimum Gasteiger partial charge on any atom is -0.370 e. The molecule has 14 heavy (non-hydrogen) atoms. The number of carbonyl (C=O) groups is 1. The fourth-order valence-corrected chi connectivity index (χ4v) is 1.29. The van der Waals surface area contributed by atoms with Gasteiger partial charge in [-0.25, -0.2) is 4.98 Å². The summed E-state index contributed by atoms with van der Waals surface area (Å²) in [4.78, 5) is 28.7. The van der Waals surface area contributed by atoms with Gasteiger partial charge in [-0.2, -0.15) is 0 Å². The molecule has 5 nitrogen and oxygen atoms in total. The number of aromatic nitrogens is 2. The quantitative estimate of drug-likeness (QED) is 0.700. The molecule has 76 valence electrons. The van der Waals surface area contributed by atoms with E-state index in [9.17, 15) is 9.59 Å². The molecule has 0 atom stereocenters. The lowest BCUT2D eigenvalue weighted by Gasteiger charge is -2.03. The first-order valence-corrected chi connectivity index (χ1v) is 4.35. The maximum Gasteiger partial charge on any atom is 0.254 e. The zero-order valence-electron chi connectivity index (χ0n) is 8.26. The van der Waals surface area contributed by atoms with Crippen molar-refractivity contribution in [3.05, 3.63) is 27.4 Å². The first-order valence-electron chi connectivity index (χ1n) is 4.35. The second kappa shape index (κ2) is 4.04. The van der Waals surface area contributed by atoms with Crippen molar-refractivity contribution in [2.45, 2.75) is 26.7 Å². The van der Waals surface area contributed by atoms with Crippen molar-refractivity contribution in [3.8, 4) is 0 Å². The zero-order chi connectivity index (χ0) is 10.7. The van der Waals surface area contributed by atoms with E-state index >= 15 is 0 Å². The molecule has 1 aromatic heterocycles. The molecule has 5 heteroatoms. The number of rotatable bonds is 3. The molecule has 0 bridgehead atoms. The SMILES string of the molecule is Cc1nc(C)c(CCC(N)=O)c(=O)[nH]1. The van der Waals surface area contributed by atoms with E-state index in [1.165, 1.54) is 0 Å².